The second-order valence-electron chi connectivity index (χ2n) is 8.98. The maximum atomic E-state index is 6.10. The Labute approximate surface area is 203 Å². The van der Waals surface area contributed by atoms with Gasteiger partial charge in [-0.1, -0.05) is 11.6 Å². The van der Waals surface area contributed by atoms with Crippen LogP contribution in [0.2, 0.25) is 0 Å². The molecule has 0 bridgehead atoms. The standard InChI is InChI=1S/C26H37N5O3/c1-21-4-5-25(29(2)3)22(16-21)19-27-20-23-17-24(31-9-13-33-14-10-31)18-26(28-23)34-15-8-30-6-11-32-12-7-30/h4-5,16-19H,6-15,20H2,1-3H3. The molecule has 184 valence electrons. The monoisotopic (exact) mass is 467 g/mol. The van der Waals surface area contributed by atoms with Crippen LogP contribution in [-0.2, 0) is 16.0 Å². The minimum absolute atomic E-state index is 0.499. The van der Waals surface area contributed by atoms with E-state index in [4.69, 9.17) is 24.2 Å². The van der Waals surface area contributed by atoms with Crippen LogP contribution in [0.1, 0.15) is 16.8 Å². The van der Waals surface area contributed by atoms with Crippen molar-refractivity contribution in [1.82, 2.24) is 9.88 Å². The maximum absolute atomic E-state index is 6.10. The third-order valence-corrected chi connectivity index (χ3v) is 6.13. The SMILES string of the molecule is Cc1ccc(N(C)C)c(C=NCc2cc(N3CCOCC3)cc(OCCN3CCOCC3)n2)c1. The van der Waals surface area contributed by atoms with Crippen LogP contribution in [0.4, 0.5) is 11.4 Å². The van der Waals surface area contributed by atoms with E-state index in [2.05, 4.69) is 60.0 Å². The van der Waals surface area contributed by atoms with Crippen LogP contribution in [-0.4, -0.2) is 96.0 Å². The summed E-state index contributed by atoms with van der Waals surface area (Å²) < 4.78 is 17.1. The fourth-order valence-corrected chi connectivity index (χ4v) is 4.23. The Bertz CT molecular complexity index is 953. The number of pyridine rings is 1. The lowest BCUT2D eigenvalue weighted by Crippen LogP contribution is -2.38. The van der Waals surface area contributed by atoms with Crippen molar-refractivity contribution < 1.29 is 14.2 Å². The van der Waals surface area contributed by atoms with E-state index in [1.165, 1.54) is 5.56 Å². The normalized spacial score (nSPS) is 17.3. The molecule has 0 atom stereocenters. The number of aryl methyl sites for hydroxylation is 1. The lowest BCUT2D eigenvalue weighted by molar-refractivity contribution is 0.0320. The van der Waals surface area contributed by atoms with Crippen molar-refractivity contribution in [2.75, 3.05) is 89.7 Å². The summed E-state index contributed by atoms with van der Waals surface area (Å²) in [6.45, 7) is 10.8. The highest BCUT2D eigenvalue weighted by atomic mass is 16.5. The predicted octanol–water partition coefficient (Wildman–Crippen LogP) is 2.62. The summed E-state index contributed by atoms with van der Waals surface area (Å²) >= 11 is 0. The average molecular weight is 468 g/mol. The minimum atomic E-state index is 0.499. The number of aliphatic imine (C=N–C) groups is 1. The van der Waals surface area contributed by atoms with Gasteiger partial charge in [0.2, 0.25) is 5.88 Å². The summed E-state index contributed by atoms with van der Waals surface area (Å²) in [5.74, 6) is 0.659. The molecular weight excluding hydrogens is 430 g/mol. The van der Waals surface area contributed by atoms with Crippen LogP contribution in [0.25, 0.3) is 0 Å². The summed E-state index contributed by atoms with van der Waals surface area (Å²) in [5.41, 5.74) is 5.50. The number of aromatic nitrogens is 1. The molecule has 2 saturated heterocycles. The Morgan fingerprint density at radius 1 is 1.03 bits per heavy atom. The quantitative estimate of drug-likeness (QED) is 0.526. The van der Waals surface area contributed by atoms with E-state index in [9.17, 15) is 0 Å². The molecule has 34 heavy (non-hydrogen) atoms. The van der Waals surface area contributed by atoms with Crippen LogP contribution < -0.4 is 14.5 Å². The largest absolute Gasteiger partial charge is 0.476 e. The van der Waals surface area contributed by atoms with Gasteiger partial charge in [-0.25, -0.2) is 4.98 Å². The molecule has 0 aliphatic carbocycles. The Morgan fingerprint density at radius 2 is 1.76 bits per heavy atom. The molecule has 0 spiro atoms. The van der Waals surface area contributed by atoms with E-state index in [1.54, 1.807) is 0 Å². The summed E-state index contributed by atoms with van der Waals surface area (Å²) in [4.78, 5) is 16.3. The summed E-state index contributed by atoms with van der Waals surface area (Å²) in [7, 11) is 4.10. The van der Waals surface area contributed by atoms with Crippen molar-refractivity contribution in [2.24, 2.45) is 4.99 Å². The second-order valence-corrected chi connectivity index (χ2v) is 8.98. The number of morpholine rings is 2. The first kappa shape index (κ1) is 24.4. The zero-order chi connectivity index (χ0) is 23.8. The van der Waals surface area contributed by atoms with Crippen LogP contribution >= 0.6 is 0 Å². The van der Waals surface area contributed by atoms with E-state index < -0.39 is 0 Å². The molecule has 1 aromatic carbocycles. The third kappa shape index (κ3) is 6.91. The molecule has 8 heteroatoms. The van der Waals surface area contributed by atoms with Gasteiger partial charge in [0.15, 0.2) is 0 Å². The van der Waals surface area contributed by atoms with Gasteiger partial charge in [0.1, 0.15) is 6.61 Å². The Morgan fingerprint density at radius 3 is 2.50 bits per heavy atom. The van der Waals surface area contributed by atoms with E-state index >= 15 is 0 Å². The van der Waals surface area contributed by atoms with E-state index in [-0.39, 0.29) is 0 Å². The molecule has 0 N–H and O–H groups in total. The number of hydrogen-bond acceptors (Lipinski definition) is 8. The molecule has 3 heterocycles. The third-order valence-electron chi connectivity index (χ3n) is 6.13. The van der Waals surface area contributed by atoms with Crippen molar-refractivity contribution in [2.45, 2.75) is 13.5 Å². The number of benzene rings is 1. The molecule has 0 amide bonds. The van der Waals surface area contributed by atoms with E-state index in [1.807, 2.05) is 12.3 Å². The molecule has 2 aliphatic heterocycles. The van der Waals surface area contributed by atoms with Gasteiger partial charge in [0.05, 0.1) is 38.7 Å². The summed E-state index contributed by atoms with van der Waals surface area (Å²) in [6, 6.07) is 10.6. The first-order chi connectivity index (χ1) is 16.6. The van der Waals surface area contributed by atoms with Gasteiger partial charge < -0.3 is 24.0 Å². The smallest absolute Gasteiger partial charge is 0.215 e. The summed E-state index contributed by atoms with van der Waals surface area (Å²) in [6.07, 6.45) is 1.95. The highest BCUT2D eigenvalue weighted by molar-refractivity contribution is 5.88. The molecule has 2 aliphatic rings. The van der Waals surface area contributed by atoms with Crippen molar-refractivity contribution in [3.8, 4) is 5.88 Å². The molecular formula is C26H37N5O3. The Kier molecular flexibility index (Phi) is 8.73. The van der Waals surface area contributed by atoms with Crippen LogP contribution in [0.5, 0.6) is 5.88 Å². The maximum Gasteiger partial charge on any atom is 0.215 e. The summed E-state index contributed by atoms with van der Waals surface area (Å²) in [5, 5.41) is 0. The van der Waals surface area contributed by atoms with Gasteiger partial charge in [-0.15, -0.1) is 0 Å². The van der Waals surface area contributed by atoms with Crippen molar-refractivity contribution in [3.05, 3.63) is 47.2 Å². The van der Waals surface area contributed by atoms with Crippen molar-refractivity contribution in [1.29, 1.82) is 0 Å². The number of anilines is 2. The molecule has 0 saturated carbocycles. The number of nitrogens with zero attached hydrogens (tertiary/aromatic N) is 5. The second kappa shape index (κ2) is 12.1. The Balaban J connectivity index is 1.47. The van der Waals surface area contributed by atoms with Gasteiger partial charge in [-0.2, -0.15) is 0 Å². The minimum Gasteiger partial charge on any atom is -0.476 e. The van der Waals surface area contributed by atoms with Gasteiger partial charge in [-0.05, 0) is 25.1 Å². The van der Waals surface area contributed by atoms with E-state index in [0.29, 0.717) is 19.0 Å². The number of rotatable bonds is 9. The van der Waals surface area contributed by atoms with Crippen LogP contribution in [0.15, 0.2) is 35.3 Å². The van der Waals surface area contributed by atoms with Crippen LogP contribution in [0.3, 0.4) is 0 Å². The molecule has 1 aromatic heterocycles. The van der Waals surface area contributed by atoms with Gasteiger partial charge in [0.25, 0.3) is 0 Å². The van der Waals surface area contributed by atoms with Gasteiger partial charge in [0, 0.05) is 76.0 Å². The van der Waals surface area contributed by atoms with E-state index in [0.717, 1.165) is 81.8 Å². The highest BCUT2D eigenvalue weighted by Gasteiger charge is 2.15. The molecule has 2 fully saturated rings. The molecule has 2 aromatic rings. The molecule has 0 radical (unpaired) electrons. The fraction of sp³-hybridized carbons (Fsp3) is 0.538. The molecule has 4 rings (SSSR count). The number of hydrogen-bond donors (Lipinski definition) is 0. The van der Waals surface area contributed by atoms with Crippen LogP contribution in [0, 0.1) is 6.92 Å². The van der Waals surface area contributed by atoms with Crippen molar-refractivity contribution in [3.63, 3.8) is 0 Å². The predicted molar refractivity (Wildman–Crippen MR) is 137 cm³/mol. The zero-order valence-electron chi connectivity index (χ0n) is 20.7. The lowest BCUT2D eigenvalue weighted by Gasteiger charge is -2.29. The Hall–Kier alpha value is -2.68. The fourth-order valence-electron chi connectivity index (χ4n) is 4.23. The number of ether oxygens (including phenoxy) is 3. The first-order valence-corrected chi connectivity index (χ1v) is 12.1. The van der Waals surface area contributed by atoms with Crippen molar-refractivity contribution >= 4 is 17.6 Å². The molecule has 8 nitrogen and oxygen atoms in total. The topological polar surface area (TPSA) is 62.7 Å². The highest BCUT2D eigenvalue weighted by Crippen LogP contribution is 2.23. The first-order valence-electron chi connectivity index (χ1n) is 12.1. The van der Waals surface area contributed by atoms with Gasteiger partial charge >= 0.3 is 0 Å². The lowest BCUT2D eigenvalue weighted by atomic mass is 10.1. The molecule has 0 unspecified atom stereocenters. The average Bonchev–Trinajstić information content (AvgIpc) is 2.85. The zero-order valence-corrected chi connectivity index (χ0v) is 20.7. The van der Waals surface area contributed by atoms with Gasteiger partial charge in [-0.3, -0.25) is 9.89 Å².